The lowest BCUT2D eigenvalue weighted by molar-refractivity contribution is -0.138. The Morgan fingerprint density at radius 3 is 2.16 bits per heavy atom. The van der Waals surface area contributed by atoms with E-state index in [-0.39, 0.29) is 25.0 Å². The van der Waals surface area contributed by atoms with Gasteiger partial charge >= 0.3 is 0 Å². The van der Waals surface area contributed by atoms with Gasteiger partial charge in [-0.1, -0.05) is 53.6 Å². The smallest absolute Gasteiger partial charge is 0.278 e. The van der Waals surface area contributed by atoms with Crippen LogP contribution in [-0.2, 0) is 16.1 Å². The van der Waals surface area contributed by atoms with Crippen molar-refractivity contribution in [2.24, 2.45) is 0 Å². The van der Waals surface area contributed by atoms with Crippen molar-refractivity contribution >= 4 is 29.0 Å². The minimum Gasteiger partial charge on any atom is -0.395 e. The van der Waals surface area contributed by atoms with Crippen LogP contribution in [-0.4, -0.2) is 71.0 Å². The average molecular weight is 440 g/mol. The van der Waals surface area contributed by atoms with Crippen molar-refractivity contribution in [2.75, 3.05) is 39.3 Å². The molecule has 0 bridgehead atoms. The molecule has 6 nitrogen and oxygen atoms in total. The van der Waals surface area contributed by atoms with Crippen LogP contribution in [0.2, 0.25) is 5.02 Å². The highest BCUT2D eigenvalue weighted by Gasteiger charge is 2.42. The van der Waals surface area contributed by atoms with Crippen molar-refractivity contribution in [2.45, 2.75) is 13.5 Å². The van der Waals surface area contributed by atoms with Gasteiger partial charge in [0, 0.05) is 37.7 Å². The molecule has 0 atom stereocenters. The molecule has 2 aromatic rings. The quantitative estimate of drug-likeness (QED) is 0.701. The number of halogens is 1. The highest BCUT2D eigenvalue weighted by atomic mass is 35.5. The number of rotatable bonds is 6. The zero-order chi connectivity index (χ0) is 22.0. The zero-order valence-corrected chi connectivity index (χ0v) is 18.3. The van der Waals surface area contributed by atoms with Crippen LogP contribution < -0.4 is 0 Å². The Hall–Kier alpha value is -2.67. The lowest BCUT2D eigenvalue weighted by Crippen LogP contribution is -2.48. The van der Waals surface area contributed by atoms with Gasteiger partial charge in [-0.2, -0.15) is 0 Å². The summed E-state index contributed by atoms with van der Waals surface area (Å²) in [6.07, 6.45) is 0. The molecule has 0 spiro atoms. The molecule has 0 unspecified atom stereocenters. The van der Waals surface area contributed by atoms with Crippen molar-refractivity contribution in [3.05, 3.63) is 75.9 Å². The molecule has 2 aliphatic rings. The summed E-state index contributed by atoms with van der Waals surface area (Å²) >= 11 is 6.05. The topological polar surface area (TPSA) is 64.1 Å². The molecule has 0 aromatic heterocycles. The number of hydrogen-bond donors (Lipinski definition) is 1. The number of hydrogen-bond acceptors (Lipinski definition) is 5. The number of amides is 2. The van der Waals surface area contributed by atoms with Gasteiger partial charge in [0.15, 0.2) is 0 Å². The first kappa shape index (κ1) is 21.6. The number of β-amino-alcohol motifs (C(OH)–C–C–N with tert-alkyl or cyclic N) is 1. The van der Waals surface area contributed by atoms with Gasteiger partial charge in [0.25, 0.3) is 11.8 Å². The molecule has 2 aliphatic heterocycles. The Labute approximate surface area is 187 Å². The Kier molecular flexibility index (Phi) is 6.41. The van der Waals surface area contributed by atoms with Crippen LogP contribution in [0.4, 0.5) is 0 Å². The third kappa shape index (κ3) is 4.51. The van der Waals surface area contributed by atoms with Gasteiger partial charge in [-0.25, -0.2) is 0 Å². The van der Waals surface area contributed by atoms with Gasteiger partial charge < -0.3 is 10.0 Å². The molecule has 0 saturated carbocycles. The lowest BCUT2D eigenvalue weighted by atomic mass is 10.0. The molecule has 0 radical (unpaired) electrons. The van der Waals surface area contributed by atoms with Crippen LogP contribution in [0.25, 0.3) is 5.57 Å². The highest BCUT2D eigenvalue weighted by Crippen LogP contribution is 2.33. The molecule has 1 N–H and O–H groups in total. The van der Waals surface area contributed by atoms with Crippen LogP contribution in [0.3, 0.4) is 0 Å². The lowest BCUT2D eigenvalue weighted by Gasteiger charge is -2.36. The third-order valence-corrected chi connectivity index (χ3v) is 6.09. The summed E-state index contributed by atoms with van der Waals surface area (Å²) in [5, 5.41) is 9.78. The fourth-order valence-electron chi connectivity index (χ4n) is 4.09. The predicted molar refractivity (Wildman–Crippen MR) is 120 cm³/mol. The van der Waals surface area contributed by atoms with Gasteiger partial charge in [0.05, 0.1) is 18.7 Å². The van der Waals surface area contributed by atoms with Crippen molar-refractivity contribution < 1.29 is 14.7 Å². The maximum Gasteiger partial charge on any atom is 0.278 e. The van der Waals surface area contributed by atoms with Gasteiger partial charge in [0.2, 0.25) is 0 Å². The molecule has 1 saturated heterocycles. The fourth-order valence-corrected chi connectivity index (χ4v) is 4.22. The molecule has 0 aliphatic carbocycles. The molecule has 2 heterocycles. The second kappa shape index (κ2) is 9.22. The average Bonchev–Trinajstić information content (AvgIpc) is 3.01. The van der Waals surface area contributed by atoms with E-state index in [4.69, 9.17) is 11.6 Å². The second-order valence-corrected chi connectivity index (χ2v) is 8.40. The second-order valence-electron chi connectivity index (χ2n) is 7.96. The Balaban J connectivity index is 1.66. The van der Waals surface area contributed by atoms with E-state index < -0.39 is 0 Å². The van der Waals surface area contributed by atoms with E-state index in [9.17, 15) is 14.7 Å². The molecule has 31 heavy (non-hydrogen) atoms. The number of aliphatic hydroxyl groups is 1. The van der Waals surface area contributed by atoms with Gasteiger partial charge in [-0.3, -0.25) is 19.4 Å². The van der Waals surface area contributed by atoms with E-state index in [1.807, 2.05) is 36.1 Å². The van der Waals surface area contributed by atoms with E-state index in [0.717, 1.165) is 24.2 Å². The van der Waals surface area contributed by atoms with Crippen LogP contribution in [0, 0.1) is 6.92 Å². The summed E-state index contributed by atoms with van der Waals surface area (Å²) in [7, 11) is 0. The number of nitrogens with zero attached hydrogens (tertiary/aromatic N) is 3. The van der Waals surface area contributed by atoms with E-state index in [0.29, 0.717) is 41.5 Å². The number of piperazine rings is 1. The zero-order valence-electron chi connectivity index (χ0n) is 17.6. The summed E-state index contributed by atoms with van der Waals surface area (Å²) in [5.74, 6) is -0.535. The molecular formula is C24H26ClN3O3. The van der Waals surface area contributed by atoms with E-state index in [1.165, 1.54) is 4.90 Å². The fraction of sp³-hybridized carbons (Fsp3) is 0.333. The number of imide groups is 1. The van der Waals surface area contributed by atoms with Crippen LogP contribution in [0.1, 0.15) is 16.7 Å². The number of aryl methyl sites for hydroxylation is 1. The van der Waals surface area contributed by atoms with E-state index >= 15 is 0 Å². The van der Waals surface area contributed by atoms with Gasteiger partial charge in [0.1, 0.15) is 5.70 Å². The molecule has 7 heteroatoms. The third-order valence-electron chi connectivity index (χ3n) is 5.84. The maximum absolute atomic E-state index is 13.5. The largest absolute Gasteiger partial charge is 0.395 e. The molecule has 4 rings (SSSR count). The first-order valence-electron chi connectivity index (χ1n) is 10.5. The van der Waals surface area contributed by atoms with E-state index in [2.05, 4.69) is 4.90 Å². The number of benzene rings is 2. The first-order valence-corrected chi connectivity index (χ1v) is 10.9. The number of carbonyl (C=O) groups is 2. The molecular weight excluding hydrogens is 414 g/mol. The van der Waals surface area contributed by atoms with E-state index in [1.54, 1.807) is 24.3 Å². The minimum absolute atomic E-state index is 0.112. The van der Waals surface area contributed by atoms with Crippen LogP contribution >= 0.6 is 11.6 Å². The summed E-state index contributed by atoms with van der Waals surface area (Å²) in [5.41, 5.74) is 3.63. The van der Waals surface area contributed by atoms with Crippen molar-refractivity contribution in [1.82, 2.24) is 14.7 Å². The summed E-state index contributed by atoms with van der Waals surface area (Å²) < 4.78 is 0. The molecule has 162 valence electrons. The molecule has 1 fully saturated rings. The van der Waals surface area contributed by atoms with Gasteiger partial charge in [-0.15, -0.1) is 0 Å². The minimum atomic E-state index is -0.277. The van der Waals surface area contributed by atoms with Crippen LogP contribution in [0.15, 0.2) is 54.2 Å². The Morgan fingerprint density at radius 1 is 0.903 bits per heavy atom. The SMILES string of the molecule is Cc1ccc(CN2C(=O)C(c3ccc(Cl)cc3)=C(N3CCN(CCO)CC3)C2=O)cc1. The predicted octanol–water partition coefficient (Wildman–Crippen LogP) is 2.54. The highest BCUT2D eigenvalue weighted by molar-refractivity contribution is 6.35. The maximum atomic E-state index is 13.5. The number of aliphatic hydroxyl groups excluding tert-OH is 1. The summed E-state index contributed by atoms with van der Waals surface area (Å²) in [6.45, 7) is 5.69. The summed E-state index contributed by atoms with van der Waals surface area (Å²) in [6, 6.07) is 14.9. The summed E-state index contributed by atoms with van der Waals surface area (Å²) in [4.78, 5) is 32.4. The van der Waals surface area contributed by atoms with Crippen molar-refractivity contribution in [1.29, 1.82) is 0 Å². The first-order chi connectivity index (χ1) is 15.0. The Bertz CT molecular complexity index is 994. The number of carbonyl (C=O) groups excluding carboxylic acids is 2. The van der Waals surface area contributed by atoms with Crippen molar-refractivity contribution in [3.8, 4) is 0 Å². The monoisotopic (exact) mass is 439 g/mol. The van der Waals surface area contributed by atoms with Crippen LogP contribution in [0.5, 0.6) is 0 Å². The molecule has 2 amide bonds. The normalized spacial score (nSPS) is 17.8. The Morgan fingerprint density at radius 2 is 1.55 bits per heavy atom. The van der Waals surface area contributed by atoms with Crippen molar-refractivity contribution in [3.63, 3.8) is 0 Å². The standard InChI is InChI=1S/C24H26ClN3O3/c1-17-2-4-18(5-3-17)16-28-23(30)21(19-6-8-20(25)9-7-19)22(24(28)31)27-12-10-26(11-13-27)14-15-29/h2-9,29H,10-16H2,1H3. The van der Waals surface area contributed by atoms with Gasteiger partial charge in [-0.05, 0) is 30.2 Å². The molecule has 2 aromatic carbocycles.